The number of phenolic OH excluding ortho intramolecular Hbond substituents is 1. The fourth-order valence-corrected chi connectivity index (χ4v) is 1.58. The molecule has 0 aromatic heterocycles. The van der Waals surface area contributed by atoms with Gasteiger partial charge in [-0.1, -0.05) is 12.1 Å². The molecule has 1 rings (SSSR count). The SMILES string of the molecule is CC(C)(C)OC(=O)c1cccc(CC(N)C(=O)O)c1O. The van der Waals surface area contributed by atoms with Crippen LogP contribution in [0, 0.1) is 0 Å². The molecule has 1 unspecified atom stereocenters. The van der Waals surface area contributed by atoms with Crippen molar-refractivity contribution in [2.45, 2.75) is 38.8 Å². The first-order chi connectivity index (χ1) is 9.11. The van der Waals surface area contributed by atoms with Gasteiger partial charge in [-0.05, 0) is 32.4 Å². The number of benzene rings is 1. The van der Waals surface area contributed by atoms with E-state index in [2.05, 4.69) is 0 Å². The molecule has 20 heavy (non-hydrogen) atoms. The van der Waals surface area contributed by atoms with Crippen LogP contribution in [0.25, 0.3) is 0 Å². The van der Waals surface area contributed by atoms with Crippen molar-refractivity contribution in [3.8, 4) is 5.75 Å². The highest BCUT2D eigenvalue weighted by Gasteiger charge is 2.23. The summed E-state index contributed by atoms with van der Waals surface area (Å²) in [6, 6.07) is 3.34. The lowest BCUT2D eigenvalue weighted by molar-refractivity contribution is -0.138. The van der Waals surface area contributed by atoms with Gasteiger partial charge in [0.2, 0.25) is 0 Å². The van der Waals surface area contributed by atoms with E-state index >= 15 is 0 Å². The summed E-state index contributed by atoms with van der Waals surface area (Å²) in [5.74, 6) is -2.13. The van der Waals surface area contributed by atoms with E-state index in [4.69, 9.17) is 15.6 Å². The predicted molar refractivity (Wildman–Crippen MR) is 72.6 cm³/mol. The average molecular weight is 281 g/mol. The number of aromatic hydroxyl groups is 1. The van der Waals surface area contributed by atoms with Gasteiger partial charge < -0.3 is 20.7 Å². The summed E-state index contributed by atoms with van der Waals surface area (Å²) in [6.07, 6.45) is -0.0716. The molecular formula is C14H19NO5. The molecule has 1 aromatic carbocycles. The van der Waals surface area contributed by atoms with E-state index in [0.29, 0.717) is 5.56 Å². The zero-order chi connectivity index (χ0) is 15.5. The molecule has 0 saturated carbocycles. The first-order valence-corrected chi connectivity index (χ1v) is 6.14. The van der Waals surface area contributed by atoms with Crippen LogP contribution in [-0.2, 0) is 16.0 Å². The van der Waals surface area contributed by atoms with Gasteiger partial charge in [0.05, 0.1) is 0 Å². The lowest BCUT2D eigenvalue weighted by atomic mass is 10.0. The van der Waals surface area contributed by atoms with Crippen LogP contribution in [-0.4, -0.2) is 33.8 Å². The lowest BCUT2D eigenvalue weighted by Crippen LogP contribution is -2.32. The molecule has 0 fully saturated rings. The Balaban J connectivity index is 3.01. The Hall–Kier alpha value is -2.08. The molecule has 0 aliphatic carbocycles. The number of aliphatic carboxylic acids is 1. The Morgan fingerprint density at radius 1 is 1.35 bits per heavy atom. The molecule has 0 spiro atoms. The van der Waals surface area contributed by atoms with Crippen LogP contribution in [0.5, 0.6) is 5.75 Å². The molecule has 1 atom stereocenters. The molecule has 0 saturated heterocycles. The van der Waals surface area contributed by atoms with E-state index in [1.807, 2.05) is 0 Å². The number of esters is 1. The minimum absolute atomic E-state index is 0.00462. The highest BCUT2D eigenvalue weighted by atomic mass is 16.6. The normalized spacial score (nSPS) is 12.8. The maximum atomic E-state index is 11.9. The van der Waals surface area contributed by atoms with Gasteiger partial charge in [-0.25, -0.2) is 4.79 Å². The second kappa shape index (κ2) is 5.92. The Labute approximate surface area is 117 Å². The van der Waals surface area contributed by atoms with Crippen molar-refractivity contribution in [2.24, 2.45) is 5.73 Å². The molecule has 0 amide bonds. The minimum Gasteiger partial charge on any atom is -0.507 e. The standard InChI is InChI=1S/C14H19NO5/c1-14(2,3)20-13(19)9-6-4-5-8(11(9)16)7-10(15)12(17)18/h4-6,10,16H,7,15H2,1-3H3,(H,17,18). The first kappa shape index (κ1) is 16.0. The number of ether oxygens (including phenoxy) is 1. The Kier molecular flexibility index (Phi) is 4.73. The largest absolute Gasteiger partial charge is 0.507 e. The molecule has 0 bridgehead atoms. The van der Waals surface area contributed by atoms with Crippen LogP contribution >= 0.6 is 0 Å². The third-order valence-corrected chi connectivity index (χ3v) is 2.50. The van der Waals surface area contributed by atoms with Crippen molar-refractivity contribution in [3.05, 3.63) is 29.3 Å². The van der Waals surface area contributed by atoms with Gasteiger partial charge in [-0.15, -0.1) is 0 Å². The smallest absolute Gasteiger partial charge is 0.342 e. The number of phenols is 1. The second-order valence-corrected chi connectivity index (χ2v) is 5.46. The van der Waals surface area contributed by atoms with Crippen molar-refractivity contribution in [3.63, 3.8) is 0 Å². The number of nitrogens with two attached hydrogens (primary N) is 1. The third-order valence-electron chi connectivity index (χ3n) is 2.50. The third kappa shape index (κ3) is 4.24. The number of carboxylic acids is 1. The van der Waals surface area contributed by atoms with Crippen LogP contribution in [0.2, 0.25) is 0 Å². The zero-order valence-electron chi connectivity index (χ0n) is 11.7. The number of carbonyl (C=O) groups is 2. The van der Waals surface area contributed by atoms with Crippen LogP contribution in [0.3, 0.4) is 0 Å². The monoisotopic (exact) mass is 281 g/mol. The van der Waals surface area contributed by atoms with Gasteiger partial charge in [0.1, 0.15) is 23.0 Å². The van der Waals surface area contributed by atoms with Crippen LogP contribution in [0.15, 0.2) is 18.2 Å². The number of rotatable bonds is 4. The summed E-state index contributed by atoms with van der Waals surface area (Å²) in [7, 11) is 0. The average Bonchev–Trinajstić information content (AvgIpc) is 2.29. The number of hydrogen-bond acceptors (Lipinski definition) is 5. The maximum Gasteiger partial charge on any atom is 0.342 e. The molecule has 0 aliphatic heterocycles. The van der Waals surface area contributed by atoms with E-state index in [1.165, 1.54) is 12.1 Å². The second-order valence-electron chi connectivity index (χ2n) is 5.46. The molecular weight excluding hydrogens is 262 g/mol. The topological polar surface area (TPSA) is 110 Å². The summed E-state index contributed by atoms with van der Waals surface area (Å²) in [6.45, 7) is 5.14. The van der Waals surface area contributed by atoms with E-state index in [0.717, 1.165) is 0 Å². The number of carbonyl (C=O) groups excluding carboxylic acids is 1. The highest BCUT2D eigenvalue weighted by molar-refractivity contribution is 5.93. The maximum absolute atomic E-state index is 11.9. The van der Waals surface area contributed by atoms with E-state index < -0.39 is 23.6 Å². The molecule has 4 N–H and O–H groups in total. The first-order valence-electron chi connectivity index (χ1n) is 6.14. The summed E-state index contributed by atoms with van der Waals surface area (Å²) in [5.41, 5.74) is 5.03. The molecule has 6 heteroatoms. The Morgan fingerprint density at radius 2 is 1.95 bits per heavy atom. The number of carboxylic acid groups (broad SMARTS) is 1. The van der Waals surface area contributed by atoms with Crippen LogP contribution < -0.4 is 5.73 Å². The van der Waals surface area contributed by atoms with Crippen molar-refractivity contribution < 1.29 is 24.5 Å². The van der Waals surface area contributed by atoms with Crippen molar-refractivity contribution >= 4 is 11.9 Å². The van der Waals surface area contributed by atoms with Crippen LogP contribution in [0.1, 0.15) is 36.7 Å². The molecule has 0 radical (unpaired) electrons. The summed E-state index contributed by atoms with van der Waals surface area (Å²) in [5, 5.41) is 18.8. The van der Waals surface area contributed by atoms with Gasteiger partial charge in [0.15, 0.2) is 0 Å². The van der Waals surface area contributed by atoms with Gasteiger partial charge in [0, 0.05) is 6.42 Å². The van der Waals surface area contributed by atoms with Gasteiger partial charge in [0.25, 0.3) is 0 Å². The number of hydrogen-bond donors (Lipinski definition) is 3. The highest BCUT2D eigenvalue weighted by Crippen LogP contribution is 2.25. The van der Waals surface area contributed by atoms with Crippen LogP contribution in [0.4, 0.5) is 0 Å². The van der Waals surface area contributed by atoms with E-state index in [9.17, 15) is 14.7 Å². The van der Waals surface area contributed by atoms with Gasteiger partial charge in [-0.3, -0.25) is 4.79 Å². The quantitative estimate of drug-likeness (QED) is 0.718. The minimum atomic E-state index is -1.17. The Bertz CT molecular complexity index is 519. The van der Waals surface area contributed by atoms with Crippen molar-refractivity contribution in [1.29, 1.82) is 0 Å². The van der Waals surface area contributed by atoms with E-state index in [-0.39, 0.29) is 17.7 Å². The molecule has 6 nitrogen and oxygen atoms in total. The van der Waals surface area contributed by atoms with Crippen molar-refractivity contribution in [1.82, 2.24) is 0 Å². The molecule has 1 aromatic rings. The van der Waals surface area contributed by atoms with E-state index in [1.54, 1.807) is 26.8 Å². The zero-order valence-corrected chi connectivity index (χ0v) is 11.7. The Morgan fingerprint density at radius 3 is 2.45 bits per heavy atom. The lowest BCUT2D eigenvalue weighted by Gasteiger charge is -2.20. The molecule has 0 heterocycles. The van der Waals surface area contributed by atoms with Gasteiger partial charge >= 0.3 is 11.9 Å². The molecule has 110 valence electrons. The predicted octanol–water partition coefficient (Wildman–Crippen LogP) is 1.30. The number of para-hydroxylation sites is 1. The van der Waals surface area contributed by atoms with Gasteiger partial charge in [-0.2, -0.15) is 0 Å². The summed E-state index contributed by atoms with van der Waals surface area (Å²) < 4.78 is 5.17. The fourth-order valence-electron chi connectivity index (χ4n) is 1.58. The summed E-state index contributed by atoms with van der Waals surface area (Å²) >= 11 is 0. The van der Waals surface area contributed by atoms with Crippen molar-refractivity contribution in [2.75, 3.05) is 0 Å². The summed E-state index contributed by atoms with van der Waals surface area (Å²) in [4.78, 5) is 22.6. The fraction of sp³-hybridized carbons (Fsp3) is 0.429. The molecule has 0 aliphatic rings.